The van der Waals surface area contributed by atoms with Crippen LogP contribution < -0.4 is 5.32 Å². The lowest BCUT2D eigenvalue weighted by Crippen LogP contribution is -2.43. The highest BCUT2D eigenvalue weighted by Gasteiger charge is 2.33. The number of hydrogen-bond donors (Lipinski definition) is 2. The summed E-state index contributed by atoms with van der Waals surface area (Å²) in [6.45, 7) is 2.26. The first-order chi connectivity index (χ1) is 8.68. The van der Waals surface area contributed by atoms with E-state index in [0.717, 1.165) is 38.8 Å². The third kappa shape index (κ3) is 3.00. The fraction of sp³-hybridized carbons (Fsp3) is 0.571. The Morgan fingerprint density at radius 1 is 1.28 bits per heavy atom. The van der Waals surface area contributed by atoms with Gasteiger partial charge in [-0.2, -0.15) is 0 Å². The van der Waals surface area contributed by atoms with Gasteiger partial charge in [-0.25, -0.2) is 0 Å². The standard InChI is InChI=1S/C14H19Cl2NO/c15-12-4-3-11(9-13(12)16)14(6-2-8-18)5-1-7-17-10-14/h3-4,9,17-18H,1-2,5-8,10H2/t14-/m0/s1. The smallest absolute Gasteiger partial charge is 0.0595 e. The van der Waals surface area contributed by atoms with Crippen LogP contribution in [0.15, 0.2) is 18.2 Å². The molecule has 0 aromatic heterocycles. The minimum atomic E-state index is 0.0925. The van der Waals surface area contributed by atoms with Crippen molar-refractivity contribution in [2.45, 2.75) is 31.1 Å². The van der Waals surface area contributed by atoms with Gasteiger partial charge in [-0.3, -0.25) is 0 Å². The molecule has 0 amide bonds. The zero-order chi connectivity index (χ0) is 13.0. The first kappa shape index (κ1) is 14.1. The lowest BCUT2D eigenvalue weighted by Gasteiger charge is -2.38. The van der Waals surface area contributed by atoms with Gasteiger partial charge in [0.25, 0.3) is 0 Å². The average Bonchev–Trinajstić information content (AvgIpc) is 2.40. The van der Waals surface area contributed by atoms with E-state index in [9.17, 15) is 0 Å². The molecule has 2 rings (SSSR count). The molecule has 4 heteroatoms. The van der Waals surface area contributed by atoms with Crippen molar-refractivity contribution in [3.8, 4) is 0 Å². The minimum Gasteiger partial charge on any atom is -0.396 e. The first-order valence-electron chi connectivity index (χ1n) is 6.45. The average molecular weight is 288 g/mol. The van der Waals surface area contributed by atoms with Crippen molar-refractivity contribution >= 4 is 23.2 Å². The van der Waals surface area contributed by atoms with Crippen LogP contribution in [-0.4, -0.2) is 24.8 Å². The molecule has 0 saturated carbocycles. The van der Waals surface area contributed by atoms with E-state index in [2.05, 4.69) is 11.4 Å². The molecular formula is C14H19Cl2NO. The van der Waals surface area contributed by atoms with E-state index in [1.807, 2.05) is 12.1 Å². The van der Waals surface area contributed by atoms with Gasteiger partial charge in [0.05, 0.1) is 10.0 Å². The Balaban J connectivity index is 2.29. The predicted octanol–water partition coefficient (Wildman–Crippen LogP) is 3.39. The van der Waals surface area contributed by atoms with Gasteiger partial charge in [0, 0.05) is 18.6 Å². The van der Waals surface area contributed by atoms with Gasteiger partial charge in [0.1, 0.15) is 0 Å². The van der Waals surface area contributed by atoms with Gasteiger partial charge in [0.2, 0.25) is 0 Å². The number of aliphatic hydroxyl groups is 1. The van der Waals surface area contributed by atoms with Crippen molar-refractivity contribution in [2.75, 3.05) is 19.7 Å². The SMILES string of the molecule is OCCC[C@@]1(c2ccc(Cl)c(Cl)c2)CCCNC1. The van der Waals surface area contributed by atoms with Gasteiger partial charge < -0.3 is 10.4 Å². The third-order valence-electron chi connectivity index (χ3n) is 3.82. The summed E-state index contributed by atoms with van der Waals surface area (Å²) in [6, 6.07) is 5.92. The molecule has 1 saturated heterocycles. The van der Waals surface area contributed by atoms with Crippen LogP contribution in [0.5, 0.6) is 0 Å². The Hall–Kier alpha value is -0.280. The second kappa shape index (κ2) is 6.25. The molecular weight excluding hydrogens is 269 g/mol. The number of nitrogens with one attached hydrogen (secondary N) is 1. The topological polar surface area (TPSA) is 32.3 Å². The van der Waals surface area contributed by atoms with E-state index in [0.29, 0.717) is 10.0 Å². The summed E-state index contributed by atoms with van der Waals surface area (Å²) >= 11 is 12.1. The van der Waals surface area contributed by atoms with E-state index < -0.39 is 0 Å². The molecule has 2 N–H and O–H groups in total. The Morgan fingerprint density at radius 2 is 2.11 bits per heavy atom. The summed E-state index contributed by atoms with van der Waals surface area (Å²) in [7, 11) is 0. The molecule has 1 aromatic rings. The summed E-state index contributed by atoms with van der Waals surface area (Å²) < 4.78 is 0. The summed E-state index contributed by atoms with van der Waals surface area (Å²) in [4.78, 5) is 0. The molecule has 1 aliphatic rings. The molecule has 2 nitrogen and oxygen atoms in total. The molecule has 1 fully saturated rings. The maximum absolute atomic E-state index is 9.09. The lowest BCUT2D eigenvalue weighted by atomic mass is 9.71. The number of benzene rings is 1. The zero-order valence-corrected chi connectivity index (χ0v) is 11.9. The highest BCUT2D eigenvalue weighted by molar-refractivity contribution is 6.42. The van der Waals surface area contributed by atoms with Crippen molar-refractivity contribution < 1.29 is 5.11 Å². The van der Waals surface area contributed by atoms with Crippen LogP contribution in [0.4, 0.5) is 0 Å². The van der Waals surface area contributed by atoms with Crippen LogP contribution in [0.3, 0.4) is 0 Å². The second-order valence-electron chi connectivity index (χ2n) is 5.02. The highest BCUT2D eigenvalue weighted by Crippen LogP contribution is 2.38. The van der Waals surface area contributed by atoms with Crippen molar-refractivity contribution in [1.29, 1.82) is 0 Å². The Bertz CT molecular complexity index is 403. The van der Waals surface area contributed by atoms with Gasteiger partial charge in [0.15, 0.2) is 0 Å². The predicted molar refractivity (Wildman–Crippen MR) is 76.6 cm³/mol. The molecule has 1 heterocycles. The van der Waals surface area contributed by atoms with Crippen LogP contribution in [0.1, 0.15) is 31.2 Å². The minimum absolute atomic E-state index is 0.0925. The summed E-state index contributed by atoms with van der Waals surface area (Å²) in [5.41, 5.74) is 1.33. The fourth-order valence-corrected chi connectivity index (χ4v) is 3.11. The van der Waals surface area contributed by atoms with Crippen LogP contribution in [0.2, 0.25) is 10.0 Å². The van der Waals surface area contributed by atoms with Crippen LogP contribution in [-0.2, 0) is 5.41 Å². The van der Waals surface area contributed by atoms with Gasteiger partial charge in [-0.1, -0.05) is 29.3 Å². The molecule has 0 spiro atoms. The largest absolute Gasteiger partial charge is 0.396 e. The maximum atomic E-state index is 9.09. The van der Waals surface area contributed by atoms with Crippen molar-refractivity contribution in [1.82, 2.24) is 5.32 Å². The zero-order valence-electron chi connectivity index (χ0n) is 10.4. The van der Waals surface area contributed by atoms with Crippen LogP contribution >= 0.6 is 23.2 Å². The molecule has 0 aliphatic carbocycles. The molecule has 18 heavy (non-hydrogen) atoms. The Labute approximate surface area is 118 Å². The molecule has 1 aromatic carbocycles. The van der Waals surface area contributed by atoms with E-state index in [4.69, 9.17) is 28.3 Å². The Kier molecular flexibility index (Phi) is 4.91. The van der Waals surface area contributed by atoms with Crippen molar-refractivity contribution in [2.24, 2.45) is 0 Å². The molecule has 0 radical (unpaired) electrons. The second-order valence-corrected chi connectivity index (χ2v) is 5.83. The van der Waals surface area contributed by atoms with Gasteiger partial charge >= 0.3 is 0 Å². The van der Waals surface area contributed by atoms with E-state index in [-0.39, 0.29) is 12.0 Å². The van der Waals surface area contributed by atoms with Crippen LogP contribution in [0.25, 0.3) is 0 Å². The number of halogens is 2. The Morgan fingerprint density at radius 3 is 2.72 bits per heavy atom. The maximum Gasteiger partial charge on any atom is 0.0595 e. The lowest BCUT2D eigenvalue weighted by molar-refractivity contribution is 0.234. The molecule has 0 unspecified atom stereocenters. The fourth-order valence-electron chi connectivity index (χ4n) is 2.82. The van der Waals surface area contributed by atoms with E-state index in [1.54, 1.807) is 0 Å². The number of piperidine rings is 1. The summed E-state index contributed by atoms with van der Waals surface area (Å²) in [5, 5.41) is 13.8. The molecule has 0 bridgehead atoms. The molecule has 1 aliphatic heterocycles. The first-order valence-corrected chi connectivity index (χ1v) is 7.21. The molecule has 1 atom stereocenters. The number of aliphatic hydroxyl groups excluding tert-OH is 1. The summed E-state index contributed by atoms with van der Waals surface area (Å²) in [5.74, 6) is 0. The van der Waals surface area contributed by atoms with Crippen molar-refractivity contribution in [3.63, 3.8) is 0 Å². The monoisotopic (exact) mass is 287 g/mol. The molecule has 100 valence electrons. The van der Waals surface area contributed by atoms with E-state index >= 15 is 0 Å². The number of rotatable bonds is 4. The van der Waals surface area contributed by atoms with Gasteiger partial charge in [-0.15, -0.1) is 0 Å². The van der Waals surface area contributed by atoms with Crippen molar-refractivity contribution in [3.05, 3.63) is 33.8 Å². The van der Waals surface area contributed by atoms with Gasteiger partial charge in [-0.05, 0) is 49.9 Å². The number of hydrogen-bond acceptors (Lipinski definition) is 2. The van der Waals surface area contributed by atoms with Crippen LogP contribution in [0, 0.1) is 0 Å². The highest BCUT2D eigenvalue weighted by atomic mass is 35.5. The summed E-state index contributed by atoms with van der Waals surface area (Å²) in [6.07, 6.45) is 4.10. The van der Waals surface area contributed by atoms with E-state index in [1.165, 1.54) is 5.56 Å². The third-order valence-corrected chi connectivity index (χ3v) is 4.56. The quantitative estimate of drug-likeness (QED) is 0.890. The normalized spacial score (nSPS) is 24.2.